The Balaban J connectivity index is 0. The summed E-state index contributed by atoms with van der Waals surface area (Å²) in [5.74, 6) is 0. The second-order valence-electron chi connectivity index (χ2n) is 7.24. The molecule has 37 heavy (non-hydrogen) atoms. The van der Waals surface area contributed by atoms with Crippen LogP contribution in [0.4, 0.5) is 14.4 Å². The fraction of sp³-hybridized carbons (Fsp3) is 0.762. The Morgan fingerprint density at radius 1 is 0.946 bits per heavy atom. The number of carbonyl (C=O) groups is 3. The lowest BCUT2D eigenvalue weighted by atomic mass is 10.2. The number of methoxy groups -OCH3 is 1. The van der Waals surface area contributed by atoms with E-state index in [9.17, 15) is 18.9 Å². The molecule has 0 heterocycles. The molecule has 0 saturated carbocycles. The zero-order valence-corrected chi connectivity index (χ0v) is 24.2. The van der Waals surface area contributed by atoms with Crippen molar-refractivity contribution in [1.29, 1.82) is 0 Å². The van der Waals surface area contributed by atoms with Crippen molar-refractivity contribution in [2.75, 3.05) is 47.3 Å². The number of carbonyl (C=O) groups excluding carboxylic acids is 3. The first-order valence-electron chi connectivity index (χ1n) is 11.2. The van der Waals surface area contributed by atoms with Gasteiger partial charge in [0.1, 0.15) is 0 Å². The minimum atomic E-state index is -4.40. The summed E-state index contributed by atoms with van der Waals surface area (Å²) in [6.07, 6.45) is 1.41. The molecule has 0 aromatic carbocycles. The van der Waals surface area contributed by atoms with E-state index in [0.29, 0.717) is 6.42 Å². The molecule has 14 nitrogen and oxygen atoms in total. The van der Waals surface area contributed by atoms with Crippen LogP contribution in [0, 0.1) is 0 Å². The fourth-order valence-electron chi connectivity index (χ4n) is 2.14. The predicted molar refractivity (Wildman–Crippen MR) is 134 cm³/mol. The first kappa shape index (κ1) is 37.1. The zero-order chi connectivity index (χ0) is 28.9. The molecule has 0 aliphatic carbocycles. The summed E-state index contributed by atoms with van der Waals surface area (Å²) in [6, 6.07) is -0.327. The molecule has 1 atom stereocenters. The van der Waals surface area contributed by atoms with Gasteiger partial charge in [-0.15, -0.1) is 11.6 Å². The molecule has 0 saturated heterocycles. The molecule has 0 fully saturated rings. The van der Waals surface area contributed by atoms with Crippen molar-refractivity contribution in [2.45, 2.75) is 59.4 Å². The minimum Gasteiger partial charge on any atom is -0.432 e. The fourth-order valence-corrected chi connectivity index (χ4v) is 3.07. The van der Waals surface area contributed by atoms with Gasteiger partial charge in [0.05, 0.1) is 24.9 Å². The van der Waals surface area contributed by atoms with Crippen molar-refractivity contribution in [3.63, 3.8) is 0 Å². The number of rotatable bonds is 16. The Morgan fingerprint density at radius 2 is 1.43 bits per heavy atom. The van der Waals surface area contributed by atoms with Crippen molar-refractivity contribution >= 4 is 37.8 Å². The van der Waals surface area contributed by atoms with Crippen molar-refractivity contribution in [3.05, 3.63) is 12.3 Å². The Kier molecular flexibility index (Phi) is 22.0. The highest BCUT2D eigenvalue weighted by Gasteiger charge is 2.30. The minimum absolute atomic E-state index is 0.256. The molecule has 2 amide bonds. The Morgan fingerprint density at radius 3 is 1.81 bits per heavy atom. The Bertz CT molecular complexity index is 692. The number of hydrogen-bond acceptors (Lipinski definition) is 12. The summed E-state index contributed by atoms with van der Waals surface area (Å²) in [6.45, 7) is 6.50. The maximum atomic E-state index is 13.0. The first-order chi connectivity index (χ1) is 17.5. The van der Waals surface area contributed by atoms with Crippen molar-refractivity contribution < 1.29 is 56.2 Å². The van der Waals surface area contributed by atoms with Gasteiger partial charge in [-0.25, -0.2) is 28.0 Å². The molecular weight excluding hydrogens is 539 g/mol. The number of ether oxygens (including phenoxy) is 5. The summed E-state index contributed by atoms with van der Waals surface area (Å²) >= 11 is 4.64. The number of halogens is 1. The van der Waals surface area contributed by atoms with Crippen LogP contribution in [0.1, 0.15) is 41.0 Å². The third-order valence-corrected chi connectivity index (χ3v) is 5.00. The molecule has 0 aliphatic rings. The molecule has 218 valence electrons. The van der Waals surface area contributed by atoms with Crippen LogP contribution in [0.5, 0.6) is 0 Å². The molecule has 0 aromatic heterocycles. The number of nitrogens with zero attached hydrogens (tertiary/aromatic N) is 1. The van der Waals surface area contributed by atoms with Gasteiger partial charge in [-0.3, -0.25) is 4.52 Å². The average molecular weight is 579 g/mol. The van der Waals surface area contributed by atoms with Gasteiger partial charge in [0.25, 0.3) is 0 Å². The molecule has 0 bridgehead atoms. The highest BCUT2D eigenvalue weighted by atomic mass is 35.5. The lowest BCUT2D eigenvalue weighted by molar-refractivity contribution is -0.0518. The van der Waals surface area contributed by atoms with Gasteiger partial charge in [0.15, 0.2) is 0 Å². The lowest BCUT2D eigenvalue weighted by Gasteiger charge is -2.23. The largest absolute Gasteiger partial charge is 0.510 e. The Hall–Kier alpha value is -2.09. The topological polar surface area (TPSA) is 157 Å². The normalized spacial score (nSPS) is 12.0. The SMILES string of the molecule is C/C=C\N(CC[C@@H](COP(=O)(OCOC(=O)OC(C)C)OCOC(=O)OC(C)C)OC)C(=O)NC.CCl. The molecule has 0 rings (SSSR count). The van der Waals surface area contributed by atoms with Gasteiger partial charge in [-0.1, -0.05) is 6.08 Å². The lowest BCUT2D eigenvalue weighted by Crippen LogP contribution is -2.36. The molecule has 0 unspecified atom stereocenters. The van der Waals surface area contributed by atoms with Gasteiger partial charge >= 0.3 is 26.2 Å². The number of amides is 2. The molecular formula is C21H40ClN2O12P. The van der Waals surface area contributed by atoms with Crippen LogP contribution in [-0.4, -0.2) is 88.8 Å². The monoisotopic (exact) mass is 578 g/mol. The molecule has 1 N–H and O–H groups in total. The van der Waals surface area contributed by atoms with E-state index in [0.717, 1.165) is 0 Å². The Labute approximate surface area is 223 Å². The van der Waals surface area contributed by atoms with E-state index in [1.165, 1.54) is 25.4 Å². The number of hydrogen-bond donors (Lipinski definition) is 1. The summed E-state index contributed by atoms with van der Waals surface area (Å²) < 4.78 is 52.4. The number of alkyl halides is 1. The van der Waals surface area contributed by atoms with E-state index in [1.807, 2.05) is 0 Å². The number of nitrogens with one attached hydrogen (secondary N) is 1. The number of phosphoric acid groups is 1. The van der Waals surface area contributed by atoms with Gasteiger partial charge in [0.2, 0.25) is 13.6 Å². The smallest absolute Gasteiger partial charge is 0.432 e. The van der Waals surface area contributed by atoms with E-state index in [2.05, 4.69) is 26.4 Å². The van der Waals surface area contributed by atoms with Gasteiger partial charge in [-0.05, 0) is 41.0 Å². The van der Waals surface area contributed by atoms with Crippen LogP contribution in [0.3, 0.4) is 0 Å². The summed E-state index contributed by atoms with van der Waals surface area (Å²) in [5, 5.41) is 2.51. The van der Waals surface area contributed by atoms with Crippen LogP contribution in [0.2, 0.25) is 0 Å². The maximum absolute atomic E-state index is 13.0. The quantitative estimate of drug-likeness (QED) is 0.117. The van der Waals surface area contributed by atoms with Crippen LogP contribution in [0.25, 0.3) is 0 Å². The van der Waals surface area contributed by atoms with Crippen LogP contribution in [0.15, 0.2) is 12.3 Å². The van der Waals surface area contributed by atoms with E-state index in [1.54, 1.807) is 46.9 Å². The number of allylic oxidation sites excluding steroid dienone is 1. The van der Waals surface area contributed by atoms with Gasteiger partial charge < -0.3 is 33.9 Å². The van der Waals surface area contributed by atoms with E-state index < -0.39 is 52.0 Å². The summed E-state index contributed by atoms with van der Waals surface area (Å²) in [7, 11) is -1.51. The second kappa shape index (κ2) is 21.9. The van der Waals surface area contributed by atoms with Crippen LogP contribution in [-0.2, 0) is 41.8 Å². The van der Waals surface area contributed by atoms with Crippen molar-refractivity contribution in [2.24, 2.45) is 0 Å². The molecule has 16 heteroatoms. The predicted octanol–water partition coefficient (Wildman–Crippen LogP) is 4.62. The van der Waals surface area contributed by atoms with Crippen molar-refractivity contribution in [3.8, 4) is 0 Å². The van der Waals surface area contributed by atoms with Gasteiger partial charge in [0, 0.05) is 33.3 Å². The summed E-state index contributed by atoms with van der Waals surface area (Å²) in [4.78, 5) is 36.3. The highest BCUT2D eigenvalue weighted by Crippen LogP contribution is 2.49. The van der Waals surface area contributed by atoms with E-state index >= 15 is 0 Å². The first-order valence-corrected chi connectivity index (χ1v) is 13.4. The van der Waals surface area contributed by atoms with Crippen LogP contribution >= 0.6 is 19.4 Å². The van der Waals surface area contributed by atoms with Crippen molar-refractivity contribution in [1.82, 2.24) is 10.2 Å². The number of phosphoric ester groups is 1. The maximum Gasteiger partial charge on any atom is 0.510 e. The number of urea groups is 1. The second-order valence-corrected chi connectivity index (χ2v) is 8.91. The standard InChI is InChI=1S/C20H37N2O12P.CH3Cl/c1-8-10-22(18(23)21-6)11-9-17(27-7)12-30-35(26,31-13-28-19(24)33-15(2)3)32-14-29-20(25)34-16(4)5;1-2/h8,10,15-17H,9,11-14H2,1-7H3,(H,21,23);1H3/b10-8-;/t17-;/m0./s1. The molecule has 0 aromatic rings. The zero-order valence-electron chi connectivity index (χ0n) is 22.6. The third kappa shape index (κ3) is 19.7. The van der Waals surface area contributed by atoms with E-state index in [-0.39, 0.29) is 19.2 Å². The molecule has 0 radical (unpaired) electrons. The van der Waals surface area contributed by atoms with Crippen LogP contribution < -0.4 is 5.32 Å². The summed E-state index contributed by atoms with van der Waals surface area (Å²) in [5.41, 5.74) is 0. The van der Waals surface area contributed by atoms with E-state index in [4.69, 9.17) is 27.8 Å². The third-order valence-electron chi connectivity index (χ3n) is 3.69. The van der Waals surface area contributed by atoms with Gasteiger partial charge in [-0.2, -0.15) is 0 Å². The highest BCUT2D eigenvalue weighted by molar-refractivity contribution is 7.48. The molecule has 0 spiro atoms. The average Bonchev–Trinajstić information content (AvgIpc) is 2.83. The molecule has 0 aliphatic heterocycles.